The topological polar surface area (TPSA) is 34.1 Å². The van der Waals surface area contributed by atoms with E-state index in [1.54, 1.807) is 0 Å². The van der Waals surface area contributed by atoms with Gasteiger partial charge in [0.15, 0.2) is 0 Å². The smallest absolute Gasteiger partial charge is 0.130 e. The van der Waals surface area contributed by atoms with Crippen molar-refractivity contribution in [2.24, 2.45) is 0 Å². The van der Waals surface area contributed by atoms with Crippen LogP contribution in [0.1, 0.15) is 0 Å². The van der Waals surface area contributed by atoms with E-state index in [4.69, 9.17) is 0 Å². The summed E-state index contributed by atoms with van der Waals surface area (Å²) in [7, 11) is 2.79. The molecule has 0 aromatic rings. The van der Waals surface area contributed by atoms with Crippen LogP contribution < -0.4 is 0 Å². The minimum atomic E-state index is 0.471. The number of carbonyl (C=O) groups excluding carboxylic acids is 2. The average Bonchev–Trinajstić information content (AvgIpc) is 1.81. The van der Waals surface area contributed by atoms with Crippen molar-refractivity contribution >= 4 is 34.2 Å². The monoisotopic (exact) mass is 150 g/mol. The van der Waals surface area contributed by atoms with Crippen molar-refractivity contribution in [2.75, 3.05) is 11.5 Å². The predicted octanol–water partition coefficient (Wildman–Crippen LogP) is 0.766. The van der Waals surface area contributed by atoms with E-state index in [0.29, 0.717) is 11.5 Å². The van der Waals surface area contributed by atoms with Crippen LogP contribution in [0.3, 0.4) is 0 Å². The molecule has 0 aromatic heterocycles. The Bertz CT molecular complexity index is 64.4. The number of hydrogen-bond acceptors (Lipinski definition) is 4. The molecule has 0 rings (SSSR count). The fourth-order valence-corrected chi connectivity index (χ4v) is 1.37. The zero-order valence-electron chi connectivity index (χ0n) is 4.20. The van der Waals surface area contributed by atoms with Gasteiger partial charge in [0.1, 0.15) is 12.6 Å². The number of carbonyl (C=O) groups is 2. The molecule has 0 atom stereocenters. The van der Waals surface area contributed by atoms with Gasteiger partial charge in [-0.05, 0) is 0 Å². The van der Waals surface area contributed by atoms with Gasteiger partial charge < -0.3 is 9.59 Å². The second kappa shape index (κ2) is 7.04. The van der Waals surface area contributed by atoms with Crippen LogP contribution in [0.5, 0.6) is 0 Å². The molecule has 0 unspecified atom stereocenters. The molecule has 0 bridgehead atoms. The van der Waals surface area contributed by atoms with Gasteiger partial charge in [0.25, 0.3) is 0 Å². The van der Waals surface area contributed by atoms with Crippen LogP contribution in [0.25, 0.3) is 0 Å². The summed E-state index contributed by atoms with van der Waals surface area (Å²) >= 11 is 0. The SMILES string of the molecule is O=CCSSCC=O. The summed E-state index contributed by atoms with van der Waals surface area (Å²) in [6.45, 7) is 0. The Balaban J connectivity index is 2.71. The van der Waals surface area contributed by atoms with E-state index in [9.17, 15) is 9.59 Å². The average molecular weight is 150 g/mol. The van der Waals surface area contributed by atoms with Gasteiger partial charge in [-0.15, -0.1) is 0 Å². The highest BCUT2D eigenvalue weighted by molar-refractivity contribution is 8.77. The van der Waals surface area contributed by atoms with Crippen LogP contribution >= 0.6 is 21.6 Å². The first kappa shape index (κ1) is 8.04. The molecule has 2 nitrogen and oxygen atoms in total. The molecule has 8 heavy (non-hydrogen) atoms. The summed E-state index contributed by atoms with van der Waals surface area (Å²) < 4.78 is 0. The number of aldehydes is 2. The Morgan fingerprint density at radius 2 is 1.38 bits per heavy atom. The Hall–Kier alpha value is 0.0400. The van der Waals surface area contributed by atoms with E-state index < -0.39 is 0 Å². The van der Waals surface area contributed by atoms with Crippen molar-refractivity contribution in [1.82, 2.24) is 0 Å². The summed E-state index contributed by atoms with van der Waals surface area (Å²) in [5, 5.41) is 0. The van der Waals surface area contributed by atoms with Gasteiger partial charge in [-0.1, -0.05) is 21.6 Å². The molecule has 0 fully saturated rings. The molecule has 0 amide bonds. The Morgan fingerprint density at radius 3 is 1.62 bits per heavy atom. The third kappa shape index (κ3) is 6.04. The maximum Gasteiger partial charge on any atom is 0.130 e. The van der Waals surface area contributed by atoms with Crippen molar-refractivity contribution in [2.45, 2.75) is 0 Å². The van der Waals surface area contributed by atoms with Gasteiger partial charge in [0, 0.05) is 0 Å². The fourth-order valence-electron chi connectivity index (χ4n) is 0.152. The summed E-state index contributed by atoms with van der Waals surface area (Å²) in [5.74, 6) is 0.941. The van der Waals surface area contributed by atoms with Crippen molar-refractivity contribution < 1.29 is 9.59 Å². The van der Waals surface area contributed by atoms with Crippen molar-refractivity contribution in [1.29, 1.82) is 0 Å². The Labute approximate surface area is 55.8 Å². The van der Waals surface area contributed by atoms with Crippen LogP contribution in [-0.4, -0.2) is 24.1 Å². The van der Waals surface area contributed by atoms with Gasteiger partial charge in [-0.25, -0.2) is 0 Å². The summed E-state index contributed by atoms with van der Waals surface area (Å²) in [6.07, 6.45) is 1.64. The maximum atomic E-state index is 9.65. The highest BCUT2D eigenvalue weighted by Gasteiger charge is 1.84. The minimum Gasteiger partial charge on any atom is -0.302 e. The lowest BCUT2D eigenvalue weighted by atomic mass is 10.9. The molecule has 0 spiro atoms. The standard InChI is InChI=1S/C4H6O2S2/c5-1-3-7-8-4-2-6/h1-2H,3-4H2. The lowest BCUT2D eigenvalue weighted by Gasteiger charge is -1.85. The zero-order valence-corrected chi connectivity index (χ0v) is 5.83. The highest BCUT2D eigenvalue weighted by atomic mass is 33.1. The highest BCUT2D eigenvalue weighted by Crippen LogP contribution is 2.17. The van der Waals surface area contributed by atoms with Crippen molar-refractivity contribution in [3.05, 3.63) is 0 Å². The minimum absolute atomic E-state index is 0.471. The molecule has 0 N–H and O–H groups in total. The molecule has 46 valence electrons. The normalized spacial score (nSPS) is 8.50. The van der Waals surface area contributed by atoms with E-state index in [1.165, 1.54) is 21.6 Å². The lowest BCUT2D eigenvalue weighted by molar-refractivity contribution is -0.106. The van der Waals surface area contributed by atoms with Crippen LogP contribution in [0.4, 0.5) is 0 Å². The van der Waals surface area contributed by atoms with Crippen molar-refractivity contribution in [3.63, 3.8) is 0 Å². The van der Waals surface area contributed by atoms with E-state index in [-0.39, 0.29) is 0 Å². The first-order valence-electron chi connectivity index (χ1n) is 2.03. The van der Waals surface area contributed by atoms with Crippen molar-refractivity contribution in [3.8, 4) is 0 Å². The quantitative estimate of drug-likeness (QED) is 0.329. The molecule has 0 saturated heterocycles. The molecule has 4 heteroatoms. The van der Waals surface area contributed by atoms with E-state index >= 15 is 0 Å². The van der Waals surface area contributed by atoms with Gasteiger partial charge in [-0.2, -0.15) is 0 Å². The Morgan fingerprint density at radius 1 is 1.00 bits per heavy atom. The van der Waals surface area contributed by atoms with E-state index in [1.807, 2.05) is 0 Å². The predicted molar refractivity (Wildman–Crippen MR) is 37.0 cm³/mol. The first-order valence-corrected chi connectivity index (χ1v) is 4.52. The number of rotatable bonds is 5. The molecule has 0 saturated carbocycles. The molecule has 0 radical (unpaired) electrons. The maximum absolute atomic E-state index is 9.65. The molecule has 0 aromatic carbocycles. The molecule has 0 aliphatic carbocycles. The van der Waals surface area contributed by atoms with E-state index in [0.717, 1.165) is 12.6 Å². The fraction of sp³-hybridized carbons (Fsp3) is 0.500. The third-order valence-corrected chi connectivity index (χ3v) is 2.38. The molecule has 0 aliphatic heterocycles. The molecular weight excluding hydrogens is 144 g/mol. The number of hydrogen-bond donors (Lipinski definition) is 0. The third-order valence-electron chi connectivity index (χ3n) is 0.355. The Kier molecular flexibility index (Phi) is 7.08. The van der Waals surface area contributed by atoms with Crippen LogP contribution in [-0.2, 0) is 9.59 Å². The largest absolute Gasteiger partial charge is 0.302 e. The lowest BCUT2D eigenvalue weighted by Crippen LogP contribution is -1.76. The van der Waals surface area contributed by atoms with E-state index in [2.05, 4.69) is 0 Å². The summed E-state index contributed by atoms with van der Waals surface area (Å²) in [5.41, 5.74) is 0. The van der Waals surface area contributed by atoms with Crippen LogP contribution in [0, 0.1) is 0 Å². The van der Waals surface area contributed by atoms with Gasteiger partial charge in [-0.3, -0.25) is 0 Å². The van der Waals surface area contributed by atoms with Gasteiger partial charge in [0.05, 0.1) is 11.5 Å². The second-order valence-corrected chi connectivity index (χ2v) is 3.45. The molecular formula is C4H6O2S2. The summed E-state index contributed by atoms with van der Waals surface area (Å²) in [6, 6.07) is 0. The zero-order chi connectivity index (χ0) is 6.24. The van der Waals surface area contributed by atoms with Crippen LogP contribution in [0.15, 0.2) is 0 Å². The summed E-state index contributed by atoms with van der Waals surface area (Å²) in [4.78, 5) is 19.3. The van der Waals surface area contributed by atoms with Gasteiger partial charge >= 0.3 is 0 Å². The second-order valence-electron chi connectivity index (χ2n) is 0.902. The molecule has 0 aliphatic rings. The van der Waals surface area contributed by atoms with Crippen LogP contribution in [0.2, 0.25) is 0 Å². The first-order chi connectivity index (χ1) is 3.91. The van der Waals surface area contributed by atoms with Gasteiger partial charge in [0.2, 0.25) is 0 Å². The molecule has 0 heterocycles.